The average molecular weight is 456 g/mol. The van der Waals surface area contributed by atoms with Gasteiger partial charge in [-0.1, -0.05) is 116 Å². The van der Waals surface area contributed by atoms with Crippen LogP contribution in [0.4, 0.5) is 0 Å². The van der Waals surface area contributed by atoms with Crippen LogP contribution < -0.4 is 0 Å². The molecule has 190 valence electrons. The summed E-state index contributed by atoms with van der Waals surface area (Å²) in [4.78, 5) is 2.93. The molecular formula is C26H53N3O3. The molecule has 6 nitrogen and oxygen atoms in total. The van der Waals surface area contributed by atoms with Crippen molar-refractivity contribution < 1.29 is 14.6 Å². The molecule has 0 aromatic rings. The van der Waals surface area contributed by atoms with Crippen molar-refractivity contribution in [2.24, 2.45) is 5.11 Å². The highest BCUT2D eigenvalue weighted by atomic mass is 16.5. The molecule has 0 saturated carbocycles. The minimum Gasteiger partial charge on any atom is -0.396 e. The zero-order valence-electron chi connectivity index (χ0n) is 21.5. The zero-order valence-corrected chi connectivity index (χ0v) is 21.5. The SMILES string of the molecule is CCCCCCCCCCCCCC[C@H](OCCCC)[C@@H](OCCCC)[C@H](CO)N=[N+]=[N-]. The van der Waals surface area contributed by atoms with E-state index < -0.39 is 6.04 Å². The molecule has 0 aliphatic carbocycles. The minimum atomic E-state index is -0.596. The lowest BCUT2D eigenvalue weighted by Gasteiger charge is -2.31. The first-order valence-corrected chi connectivity index (χ1v) is 13.6. The van der Waals surface area contributed by atoms with E-state index in [9.17, 15) is 5.11 Å². The Balaban J connectivity index is 4.39. The summed E-state index contributed by atoms with van der Waals surface area (Å²) in [5.74, 6) is 0. The molecule has 32 heavy (non-hydrogen) atoms. The maximum atomic E-state index is 9.78. The Labute approximate surface area is 198 Å². The van der Waals surface area contributed by atoms with Crippen LogP contribution in [0.2, 0.25) is 0 Å². The number of rotatable bonds is 25. The highest BCUT2D eigenvalue weighted by Crippen LogP contribution is 2.20. The third kappa shape index (κ3) is 17.7. The van der Waals surface area contributed by atoms with Crippen LogP contribution >= 0.6 is 0 Å². The predicted octanol–water partition coefficient (Wildman–Crippen LogP) is 8.12. The number of unbranched alkanes of at least 4 members (excludes halogenated alkanes) is 13. The third-order valence-electron chi connectivity index (χ3n) is 6.11. The predicted molar refractivity (Wildman–Crippen MR) is 135 cm³/mol. The highest BCUT2D eigenvalue weighted by Gasteiger charge is 2.30. The molecule has 0 saturated heterocycles. The molecule has 0 heterocycles. The third-order valence-corrected chi connectivity index (χ3v) is 6.11. The first-order valence-electron chi connectivity index (χ1n) is 13.6. The fourth-order valence-corrected chi connectivity index (χ4v) is 4.01. The minimum absolute atomic E-state index is 0.135. The number of azide groups is 1. The summed E-state index contributed by atoms with van der Waals surface area (Å²) in [6.07, 6.45) is 20.3. The molecule has 1 N–H and O–H groups in total. The molecule has 0 aliphatic heterocycles. The van der Waals surface area contributed by atoms with Crippen LogP contribution in [0, 0.1) is 0 Å². The van der Waals surface area contributed by atoms with E-state index in [2.05, 4.69) is 30.8 Å². The Kier molecular flexibility index (Phi) is 24.2. The average Bonchev–Trinajstić information content (AvgIpc) is 2.80. The van der Waals surface area contributed by atoms with E-state index in [-0.39, 0.29) is 18.8 Å². The van der Waals surface area contributed by atoms with Crippen LogP contribution in [0.25, 0.3) is 10.4 Å². The molecule has 0 unspecified atom stereocenters. The number of aliphatic hydroxyl groups excluding tert-OH is 1. The van der Waals surface area contributed by atoms with Gasteiger partial charge in [-0.25, -0.2) is 0 Å². The summed E-state index contributed by atoms with van der Waals surface area (Å²) in [6, 6.07) is -0.596. The molecule has 0 radical (unpaired) electrons. The van der Waals surface area contributed by atoms with Crippen molar-refractivity contribution in [3.8, 4) is 0 Å². The Morgan fingerprint density at radius 3 is 1.62 bits per heavy atom. The quantitative estimate of drug-likeness (QED) is 0.0652. The lowest BCUT2D eigenvalue weighted by atomic mass is 9.99. The van der Waals surface area contributed by atoms with Crippen LogP contribution in [0.3, 0.4) is 0 Å². The lowest BCUT2D eigenvalue weighted by molar-refractivity contribution is -0.0933. The van der Waals surface area contributed by atoms with Gasteiger partial charge >= 0.3 is 0 Å². The van der Waals surface area contributed by atoms with Gasteiger partial charge < -0.3 is 14.6 Å². The van der Waals surface area contributed by atoms with E-state index in [0.717, 1.165) is 38.5 Å². The number of aliphatic hydroxyl groups is 1. The van der Waals surface area contributed by atoms with Gasteiger partial charge in [-0.15, -0.1) is 0 Å². The summed E-state index contributed by atoms with van der Waals surface area (Å²) in [6.45, 7) is 7.61. The fourth-order valence-electron chi connectivity index (χ4n) is 4.01. The first kappa shape index (κ1) is 31.2. The van der Waals surface area contributed by atoms with Gasteiger partial charge in [-0.2, -0.15) is 0 Å². The number of hydrogen-bond acceptors (Lipinski definition) is 4. The van der Waals surface area contributed by atoms with Crippen molar-refractivity contribution in [2.45, 2.75) is 148 Å². The normalized spacial score (nSPS) is 14.1. The summed E-state index contributed by atoms with van der Waals surface area (Å²) in [5, 5.41) is 13.6. The Morgan fingerprint density at radius 2 is 1.16 bits per heavy atom. The van der Waals surface area contributed by atoms with E-state index in [1.54, 1.807) is 0 Å². The van der Waals surface area contributed by atoms with Gasteiger partial charge in [0.2, 0.25) is 0 Å². The zero-order chi connectivity index (χ0) is 23.7. The van der Waals surface area contributed by atoms with Crippen molar-refractivity contribution in [1.29, 1.82) is 0 Å². The topological polar surface area (TPSA) is 87.5 Å². The Bertz CT molecular complexity index is 431. The van der Waals surface area contributed by atoms with Gasteiger partial charge in [0.15, 0.2) is 0 Å². The van der Waals surface area contributed by atoms with Crippen LogP contribution in [-0.4, -0.2) is 43.2 Å². The summed E-state index contributed by atoms with van der Waals surface area (Å²) in [5.41, 5.74) is 8.92. The van der Waals surface area contributed by atoms with E-state index in [1.165, 1.54) is 70.6 Å². The van der Waals surface area contributed by atoms with Crippen molar-refractivity contribution in [3.05, 3.63) is 10.4 Å². The molecule has 3 atom stereocenters. The Morgan fingerprint density at radius 1 is 0.688 bits per heavy atom. The maximum absolute atomic E-state index is 9.78. The van der Waals surface area contributed by atoms with E-state index in [0.29, 0.717) is 13.2 Å². The van der Waals surface area contributed by atoms with Gasteiger partial charge in [0.05, 0.1) is 24.9 Å². The van der Waals surface area contributed by atoms with Gasteiger partial charge in [-0.3, -0.25) is 0 Å². The molecular weight excluding hydrogens is 402 g/mol. The monoisotopic (exact) mass is 455 g/mol. The van der Waals surface area contributed by atoms with Crippen LogP contribution in [0.5, 0.6) is 0 Å². The standard InChI is InChI=1S/C26H53N3O3/c1-4-7-10-11-12-13-14-15-16-17-18-19-20-25(31-21-8-5-2)26(32-22-9-6-3)24(23-30)28-29-27/h24-26,30H,4-23H2,1-3H3/t24-,25-,26-/m0/s1. The smallest absolute Gasteiger partial charge is 0.0943 e. The van der Waals surface area contributed by atoms with Crippen molar-refractivity contribution in [1.82, 2.24) is 0 Å². The Hall–Kier alpha value is -0.810. The molecule has 6 heteroatoms. The molecule has 0 aliphatic rings. The number of nitrogens with zero attached hydrogens (tertiary/aromatic N) is 3. The van der Waals surface area contributed by atoms with Crippen LogP contribution in [0.15, 0.2) is 5.11 Å². The van der Waals surface area contributed by atoms with E-state index in [4.69, 9.17) is 15.0 Å². The molecule has 0 aromatic carbocycles. The van der Waals surface area contributed by atoms with E-state index in [1.807, 2.05) is 0 Å². The summed E-state index contributed by atoms with van der Waals surface area (Å²) < 4.78 is 12.3. The van der Waals surface area contributed by atoms with Crippen LogP contribution in [-0.2, 0) is 9.47 Å². The fraction of sp³-hybridized carbons (Fsp3) is 1.00. The second-order valence-corrected chi connectivity index (χ2v) is 9.08. The van der Waals surface area contributed by atoms with Crippen LogP contribution in [0.1, 0.15) is 130 Å². The van der Waals surface area contributed by atoms with Crippen molar-refractivity contribution in [3.63, 3.8) is 0 Å². The molecule has 0 aromatic heterocycles. The van der Waals surface area contributed by atoms with Gasteiger partial charge in [-0.05, 0) is 24.8 Å². The summed E-state index contributed by atoms with van der Waals surface area (Å²) in [7, 11) is 0. The molecule has 0 amide bonds. The molecule has 0 spiro atoms. The lowest BCUT2D eigenvalue weighted by Crippen LogP contribution is -2.42. The van der Waals surface area contributed by atoms with Crippen molar-refractivity contribution >= 4 is 0 Å². The largest absolute Gasteiger partial charge is 0.396 e. The second kappa shape index (κ2) is 24.8. The molecule has 0 fully saturated rings. The van der Waals surface area contributed by atoms with E-state index >= 15 is 0 Å². The van der Waals surface area contributed by atoms with Crippen molar-refractivity contribution in [2.75, 3.05) is 19.8 Å². The maximum Gasteiger partial charge on any atom is 0.0943 e. The number of hydrogen-bond donors (Lipinski definition) is 1. The second-order valence-electron chi connectivity index (χ2n) is 9.08. The first-order chi connectivity index (χ1) is 15.7. The van der Waals surface area contributed by atoms with Gasteiger partial charge in [0.1, 0.15) is 0 Å². The number of ether oxygens (including phenoxy) is 2. The van der Waals surface area contributed by atoms with Gasteiger partial charge in [0, 0.05) is 18.1 Å². The summed E-state index contributed by atoms with van der Waals surface area (Å²) >= 11 is 0. The molecule has 0 rings (SSSR count). The highest BCUT2D eigenvalue weighted by molar-refractivity contribution is 4.84. The molecule has 0 bridgehead atoms. The van der Waals surface area contributed by atoms with Gasteiger partial charge in [0.25, 0.3) is 0 Å².